The van der Waals surface area contributed by atoms with Gasteiger partial charge in [-0.05, 0) is 62.8 Å². The highest BCUT2D eigenvalue weighted by atomic mass is 32.2. The second-order valence-corrected chi connectivity index (χ2v) is 11.0. The molecule has 0 radical (unpaired) electrons. The number of rotatable bonds is 10. The molecule has 2 fully saturated rings. The maximum absolute atomic E-state index is 14.7. The normalized spacial score (nSPS) is 22.8. The molecule has 2 aromatic rings. The number of aliphatic hydroxyl groups is 1. The second kappa shape index (κ2) is 11.7. The van der Waals surface area contributed by atoms with Gasteiger partial charge in [-0.2, -0.15) is 11.8 Å². The van der Waals surface area contributed by atoms with Gasteiger partial charge in [0.2, 0.25) is 0 Å². The minimum absolute atomic E-state index is 0.0309. The molecule has 34 heavy (non-hydrogen) atoms. The van der Waals surface area contributed by atoms with Crippen molar-refractivity contribution < 1.29 is 24.1 Å². The minimum atomic E-state index is -1.03. The molecule has 186 valence electrons. The van der Waals surface area contributed by atoms with Crippen molar-refractivity contribution in [1.82, 2.24) is 9.88 Å². The summed E-state index contributed by atoms with van der Waals surface area (Å²) in [4.78, 5) is 18.4. The number of carbonyl (C=O) groups is 1. The van der Waals surface area contributed by atoms with Crippen LogP contribution in [-0.2, 0) is 4.79 Å². The Balaban J connectivity index is 1.36. The van der Waals surface area contributed by atoms with E-state index in [0.717, 1.165) is 36.7 Å². The summed E-state index contributed by atoms with van der Waals surface area (Å²) in [5, 5.41) is 22.1. The van der Waals surface area contributed by atoms with E-state index >= 15 is 0 Å². The third-order valence-corrected chi connectivity index (χ3v) is 8.79. The number of nitrogens with zero attached hydrogens (tertiary/aromatic N) is 2. The molecular weight excluding hydrogens is 455 g/mol. The van der Waals surface area contributed by atoms with Gasteiger partial charge in [0.05, 0.1) is 30.8 Å². The third-order valence-electron chi connectivity index (χ3n) is 7.43. The van der Waals surface area contributed by atoms with Crippen molar-refractivity contribution in [2.24, 2.45) is 11.8 Å². The lowest BCUT2D eigenvalue weighted by atomic mass is 9.81. The molecular formula is C26H35FN2O4S. The number of halogens is 1. The zero-order valence-corrected chi connectivity index (χ0v) is 20.6. The van der Waals surface area contributed by atoms with Gasteiger partial charge in [-0.25, -0.2) is 4.39 Å². The molecule has 1 aromatic heterocycles. The van der Waals surface area contributed by atoms with Gasteiger partial charge in [0, 0.05) is 35.0 Å². The van der Waals surface area contributed by atoms with Crippen LogP contribution in [0.1, 0.15) is 56.6 Å². The van der Waals surface area contributed by atoms with Crippen molar-refractivity contribution in [2.75, 3.05) is 32.5 Å². The van der Waals surface area contributed by atoms with Crippen molar-refractivity contribution in [2.45, 2.75) is 56.3 Å². The molecule has 0 spiro atoms. The highest BCUT2D eigenvalue weighted by Crippen LogP contribution is 2.35. The molecule has 4 rings (SSSR count). The standard InChI is InChI=1S/C26H35FN2O4S/c1-33-18-7-8-23-20(14-18)25(22(27)15-28-23)24(30)9-6-17-10-11-29(16-21(17)26(31)32)12-13-34-19-4-2-3-5-19/h7-8,14-15,17,19,21,24,30H,2-6,9-13,16H2,1H3,(H,31,32). The molecule has 2 aliphatic rings. The van der Waals surface area contributed by atoms with Gasteiger partial charge in [0.15, 0.2) is 0 Å². The average molecular weight is 491 g/mol. The highest BCUT2D eigenvalue weighted by molar-refractivity contribution is 7.99. The number of carboxylic acid groups (broad SMARTS) is 1. The number of aliphatic carboxylic acids is 1. The van der Waals surface area contributed by atoms with Gasteiger partial charge in [-0.15, -0.1) is 0 Å². The van der Waals surface area contributed by atoms with E-state index in [0.29, 0.717) is 36.0 Å². The predicted molar refractivity (Wildman–Crippen MR) is 133 cm³/mol. The fourth-order valence-electron chi connectivity index (χ4n) is 5.45. The fourth-order valence-corrected chi connectivity index (χ4v) is 6.81. The van der Waals surface area contributed by atoms with Gasteiger partial charge in [0.25, 0.3) is 0 Å². The summed E-state index contributed by atoms with van der Waals surface area (Å²) in [5.74, 6) is -0.209. The number of ether oxygens (including phenoxy) is 1. The summed E-state index contributed by atoms with van der Waals surface area (Å²) >= 11 is 2.03. The molecule has 2 N–H and O–H groups in total. The Morgan fingerprint density at radius 2 is 2.12 bits per heavy atom. The third kappa shape index (κ3) is 6.01. The van der Waals surface area contributed by atoms with Crippen LogP contribution in [0.15, 0.2) is 24.4 Å². The van der Waals surface area contributed by atoms with E-state index in [9.17, 15) is 19.4 Å². The number of carboxylic acids is 1. The van der Waals surface area contributed by atoms with E-state index < -0.39 is 23.8 Å². The Bertz CT molecular complexity index is 985. The Morgan fingerprint density at radius 3 is 2.85 bits per heavy atom. The van der Waals surface area contributed by atoms with E-state index in [1.54, 1.807) is 18.2 Å². The Morgan fingerprint density at radius 1 is 1.32 bits per heavy atom. The van der Waals surface area contributed by atoms with Crippen LogP contribution in [0.2, 0.25) is 0 Å². The number of aliphatic hydroxyl groups excluding tert-OH is 1. The number of fused-ring (bicyclic) bond motifs is 1. The van der Waals surface area contributed by atoms with E-state index in [4.69, 9.17) is 4.74 Å². The molecule has 1 aliphatic carbocycles. The summed E-state index contributed by atoms with van der Waals surface area (Å²) in [6, 6.07) is 5.18. The first kappa shape index (κ1) is 25.2. The minimum Gasteiger partial charge on any atom is -0.497 e. The number of hydrogen-bond donors (Lipinski definition) is 2. The van der Waals surface area contributed by atoms with Crippen molar-refractivity contribution >= 4 is 28.6 Å². The topological polar surface area (TPSA) is 82.9 Å². The van der Waals surface area contributed by atoms with E-state index in [-0.39, 0.29) is 11.5 Å². The van der Waals surface area contributed by atoms with Crippen molar-refractivity contribution in [3.05, 3.63) is 35.8 Å². The van der Waals surface area contributed by atoms with Crippen LogP contribution in [0.4, 0.5) is 4.39 Å². The molecule has 1 aromatic carbocycles. The van der Waals surface area contributed by atoms with Gasteiger partial charge < -0.3 is 19.8 Å². The number of thioether (sulfide) groups is 1. The second-order valence-electron chi connectivity index (χ2n) is 9.57. The van der Waals surface area contributed by atoms with E-state index in [1.165, 1.54) is 32.8 Å². The average Bonchev–Trinajstić information content (AvgIpc) is 3.36. The first-order valence-electron chi connectivity index (χ1n) is 12.3. The molecule has 0 bridgehead atoms. The van der Waals surface area contributed by atoms with Crippen LogP contribution in [0.5, 0.6) is 5.75 Å². The Hall–Kier alpha value is -1.90. The number of aromatic nitrogens is 1. The van der Waals surface area contributed by atoms with Crippen LogP contribution in [0.3, 0.4) is 0 Å². The van der Waals surface area contributed by atoms with Gasteiger partial charge in [0.1, 0.15) is 11.6 Å². The number of hydrogen-bond acceptors (Lipinski definition) is 6. The van der Waals surface area contributed by atoms with Gasteiger partial charge in [-0.1, -0.05) is 12.8 Å². The van der Waals surface area contributed by atoms with Crippen LogP contribution >= 0.6 is 11.8 Å². The number of methoxy groups -OCH3 is 1. The molecule has 8 heteroatoms. The molecule has 1 saturated heterocycles. The first-order chi connectivity index (χ1) is 16.5. The van der Waals surface area contributed by atoms with Crippen molar-refractivity contribution in [3.8, 4) is 5.75 Å². The number of piperidine rings is 1. The molecule has 1 aliphatic heterocycles. The van der Waals surface area contributed by atoms with Crippen molar-refractivity contribution in [3.63, 3.8) is 0 Å². The molecule has 6 nitrogen and oxygen atoms in total. The Labute approximate surface area is 204 Å². The van der Waals surface area contributed by atoms with Gasteiger partial charge in [-0.3, -0.25) is 9.78 Å². The first-order valence-corrected chi connectivity index (χ1v) is 13.4. The maximum Gasteiger partial charge on any atom is 0.308 e. The lowest BCUT2D eigenvalue weighted by molar-refractivity contribution is -0.146. The molecule has 2 heterocycles. The van der Waals surface area contributed by atoms with Crippen LogP contribution in [-0.4, -0.2) is 63.8 Å². The smallest absolute Gasteiger partial charge is 0.308 e. The predicted octanol–water partition coefficient (Wildman–Crippen LogP) is 4.89. The Kier molecular flexibility index (Phi) is 8.66. The molecule has 3 atom stereocenters. The number of pyridine rings is 1. The van der Waals surface area contributed by atoms with Crippen molar-refractivity contribution in [1.29, 1.82) is 0 Å². The lowest BCUT2D eigenvalue weighted by Crippen LogP contribution is -2.44. The monoisotopic (exact) mass is 490 g/mol. The number of benzene rings is 1. The molecule has 0 amide bonds. The lowest BCUT2D eigenvalue weighted by Gasteiger charge is -2.37. The van der Waals surface area contributed by atoms with Crippen LogP contribution < -0.4 is 4.74 Å². The highest BCUT2D eigenvalue weighted by Gasteiger charge is 2.34. The maximum atomic E-state index is 14.7. The zero-order chi connectivity index (χ0) is 24.1. The summed E-state index contributed by atoms with van der Waals surface area (Å²) in [7, 11) is 1.54. The van der Waals surface area contributed by atoms with E-state index in [2.05, 4.69) is 9.88 Å². The van der Waals surface area contributed by atoms with Crippen LogP contribution in [0, 0.1) is 17.7 Å². The quantitative estimate of drug-likeness (QED) is 0.490. The fraction of sp³-hybridized carbons (Fsp3) is 0.615. The summed E-state index contributed by atoms with van der Waals surface area (Å²) in [6.45, 7) is 2.35. The van der Waals surface area contributed by atoms with Crippen LogP contribution in [0.25, 0.3) is 10.9 Å². The van der Waals surface area contributed by atoms with Gasteiger partial charge >= 0.3 is 5.97 Å². The molecule has 1 saturated carbocycles. The summed E-state index contributed by atoms with van der Waals surface area (Å²) < 4.78 is 19.9. The number of likely N-dealkylation sites (tertiary alicyclic amines) is 1. The summed E-state index contributed by atoms with van der Waals surface area (Å²) in [5.41, 5.74) is 0.792. The summed E-state index contributed by atoms with van der Waals surface area (Å²) in [6.07, 6.45) is 7.02. The largest absolute Gasteiger partial charge is 0.497 e. The SMILES string of the molecule is COc1ccc2ncc(F)c(C(O)CCC3CCN(CCSC4CCCC4)CC3C(=O)O)c2c1. The van der Waals surface area contributed by atoms with E-state index in [1.807, 2.05) is 11.8 Å². The zero-order valence-electron chi connectivity index (χ0n) is 19.8. The molecule has 3 unspecified atom stereocenters.